The van der Waals surface area contributed by atoms with Crippen LogP contribution in [-0.2, 0) is 4.74 Å². The molecule has 0 aliphatic carbocycles. The van der Waals surface area contributed by atoms with Gasteiger partial charge in [0.1, 0.15) is 0 Å². The van der Waals surface area contributed by atoms with Crippen molar-refractivity contribution in [3.63, 3.8) is 0 Å². The lowest BCUT2D eigenvalue weighted by atomic mass is 10.0. The molecule has 0 aromatic heterocycles. The summed E-state index contributed by atoms with van der Waals surface area (Å²) in [5.41, 5.74) is 1.15. The lowest BCUT2D eigenvalue weighted by Crippen LogP contribution is -2.29. The fraction of sp³-hybridized carbons (Fsp3) is 0.462. The molecule has 2 atom stereocenters. The number of methoxy groups -OCH3 is 1. The Morgan fingerprint density at radius 2 is 2.06 bits per heavy atom. The first kappa shape index (κ1) is 12.7. The summed E-state index contributed by atoms with van der Waals surface area (Å²) in [6.07, 6.45) is 0.630. The number of rotatable bonds is 6. The Kier molecular flexibility index (Phi) is 5.55. The first-order valence-corrected chi connectivity index (χ1v) is 5.46. The third-order valence-corrected chi connectivity index (χ3v) is 2.55. The molecule has 0 amide bonds. The zero-order chi connectivity index (χ0) is 11.8. The van der Waals surface area contributed by atoms with E-state index >= 15 is 0 Å². The van der Waals surface area contributed by atoms with Crippen molar-refractivity contribution in [1.29, 1.82) is 5.26 Å². The topological polar surface area (TPSA) is 45.0 Å². The van der Waals surface area contributed by atoms with E-state index < -0.39 is 0 Å². The summed E-state index contributed by atoms with van der Waals surface area (Å²) >= 11 is 0. The molecule has 0 aliphatic heterocycles. The first-order chi connectivity index (χ1) is 7.77. The summed E-state index contributed by atoms with van der Waals surface area (Å²) < 4.78 is 5.17. The number of nitriles is 1. The molecule has 86 valence electrons. The van der Waals surface area contributed by atoms with Gasteiger partial charge in [0.25, 0.3) is 0 Å². The van der Waals surface area contributed by atoms with E-state index in [1.54, 1.807) is 7.11 Å². The molecule has 3 nitrogen and oxygen atoms in total. The van der Waals surface area contributed by atoms with Crippen LogP contribution in [0.15, 0.2) is 30.3 Å². The van der Waals surface area contributed by atoms with Crippen LogP contribution < -0.4 is 5.32 Å². The van der Waals surface area contributed by atoms with Crippen molar-refractivity contribution >= 4 is 0 Å². The van der Waals surface area contributed by atoms with Gasteiger partial charge >= 0.3 is 0 Å². The van der Waals surface area contributed by atoms with Crippen LogP contribution in [0.25, 0.3) is 0 Å². The number of benzene rings is 1. The highest BCUT2D eigenvalue weighted by Crippen LogP contribution is 2.15. The van der Waals surface area contributed by atoms with Gasteiger partial charge in [-0.2, -0.15) is 5.26 Å². The molecule has 1 aromatic rings. The van der Waals surface area contributed by atoms with Gasteiger partial charge < -0.3 is 10.1 Å². The third-order valence-electron chi connectivity index (χ3n) is 2.55. The molecule has 0 saturated carbocycles. The maximum Gasteiger partial charge on any atom is 0.0667 e. The Hall–Kier alpha value is -1.37. The largest absolute Gasteiger partial charge is 0.380 e. The quantitative estimate of drug-likeness (QED) is 0.796. The Morgan fingerprint density at radius 1 is 1.38 bits per heavy atom. The monoisotopic (exact) mass is 218 g/mol. The van der Waals surface area contributed by atoms with E-state index in [2.05, 4.69) is 11.4 Å². The number of hydrogen-bond acceptors (Lipinski definition) is 3. The van der Waals surface area contributed by atoms with E-state index in [1.165, 1.54) is 0 Å². The number of nitrogens with zero attached hydrogens (tertiary/aromatic N) is 1. The van der Waals surface area contributed by atoms with E-state index in [-0.39, 0.29) is 12.1 Å². The minimum atomic E-state index is 0.0869. The van der Waals surface area contributed by atoms with Crippen LogP contribution in [0.2, 0.25) is 0 Å². The maximum absolute atomic E-state index is 8.80. The average molecular weight is 218 g/mol. The third kappa shape index (κ3) is 4.01. The van der Waals surface area contributed by atoms with Crippen LogP contribution in [0.1, 0.15) is 24.9 Å². The highest BCUT2D eigenvalue weighted by atomic mass is 16.5. The van der Waals surface area contributed by atoms with Gasteiger partial charge in [0, 0.05) is 19.7 Å². The molecule has 1 rings (SSSR count). The Balaban J connectivity index is 2.58. The van der Waals surface area contributed by atoms with Gasteiger partial charge in [-0.05, 0) is 12.5 Å². The molecule has 0 saturated heterocycles. The predicted molar refractivity (Wildman–Crippen MR) is 63.9 cm³/mol. The van der Waals surface area contributed by atoms with Crippen molar-refractivity contribution < 1.29 is 4.74 Å². The molecule has 0 aliphatic rings. The van der Waals surface area contributed by atoms with Crippen molar-refractivity contribution in [2.24, 2.45) is 0 Å². The smallest absolute Gasteiger partial charge is 0.0667 e. The molecule has 0 radical (unpaired) electrons. The zero-order valence-electron chi connectivity index (χ0n) is 9.81. The molecular formula is C13H18N2O. The second-order valence-corrected chi connectivity index (χ2v) is 3.78. The van der Waals surface area contributed by atoms with Crippen LogP contribution in [0.5, 0.6) is 0 Å². The molecule has 0 spiro atoms. The van der Waals surface area contributed by atoms with Crippen LogP contribution >= 0.6 is 0 Å². The van der Waals surface area contributed by atoms with Crippen molar-refractivity contribution in [3.05, 3.63) is 35.9 Å². The van der Waals surface area contributed by atoms with Crippen molar-refractivity contribution in [1.82, 2.24) is 5.32 Å². The standard InChI is InChI=1S/C13H18N2O/c1-11(16-2)10-15-13(8-9-14)12-6-4-3-5-7-12/h3-7,11,13,15H,8,10H2,1-2H3. The Labute approximate surface area is 97.0 Å². The van der Waals surface area contributed by atoms with Gasteiger partial charge in [0.2, 0.25) is 0 Å². The number of hydrogen-bond donors (Lipinski definition) is 1. The fourth-order valence-corrected chi connectivity index (χ4v) is 1.48. The van der Waals surface area contributed by atoms with Gasteiger partial charge in [-0.1, -0.05) is 30.3 Å². The number of ether oxygens (including phenoxy) is 1. The summed E-state index contributed by atoms with van der Waals surface area (Å²) in [5, 5.41) is 12.1. The zero-order valence-corrected chi connectivity index (χ0v) is 9.81. The highest BCUT2D eigenvalue weighted by Gasteiger charge is 2.11. The Morgan fingerprint density at radius 3 is 2.62 bits per heavy atom. The van der Waals surface area contributed by atoms with E-state index in [0.29, 0.717) is 6.42 Å². The van der Waals surface area contributed by atoms with Gasteiger partial charge in [-0.25, -0.2) is 0 Å². The maximum atomic E-state index is 8.80. The van der Waals surface area contributed by atoms with Crippen molar-refractivity contribution in [2.45, 2.75) is 25.5 Å². The molecule has 1 aromatic carbocycles. The average Bonchev–Trinajstić information content (AvgIpc) is 2.35. The Bertz CT molecular complexity index is 332. The van der Waals surface area contributed by atoms with E-state index in [0.717, 1.165) is 12.1 Å². The van der Waals surface area contributed by atoms with Crippen LogP contribution in [-0.4, -0.2) is 19.8 Å². The normalized spacial score (nSPS) is 14.1. The second-order valence-electron chi connectivity index (χ2n) is 3.78. The molecule has 1 N–H and O–H groups in total. The minimum Gasteiger partial charge on any atom is -0.380 e. The SMILES string of the molecule is COC(C)CNC(CC#N)c1ccccc1. The molecule has 3 heteroatoms. The van der Waals surface area contributed by atoms with Crippen molar-refractivity contribution in [3.8, 4) is 6.07 Å². The molecule has 0 fully saturated rings. The highest BCUT2D eigenvalue weighted by molar-refractivity contribution is 5.19. The summed E-state index contributed by atoms with van der Waals surface area (Å²) in [6, 6.07) is 12.3. The van der Waals surface area contributed by atoms with Gasteiger partial charge in [0.05, 0.1) is 18.6 Å². The second kappa shape index (κ2) is 7.00. The molecule has 0 bridgehead atoms. The van der Waals surface area contributed by atoms with Gasteiger partial charge in [-0.3, -0.25) is 0 Å². The molecule has 16 heavy (non-hydrogen) atoms. The summed E-state index contributed by atoms with van der Waals surface area (Å²) in [6.45, 7) is 2.75. The van der Waals surface area contributed by atoms with Crippen LogP contribution in [0.3, 0.4) is 0 Å². The number of nitrogens with one attached hydrogen (secondary N) is 1. The lowest BCUT2D eigenvalue weighted by Gasteiger charge is -2.18. The molecular weight excluding hydrogens is 200 g/mol. The van der Waals surface area contributed by atoms with Gasteiger partial charge in [-0.15, -0.1) is 0 Å². The predicted octanol–water partition coefficient (Wildman–Crippen LogP) is 2.27. The van der Waals surface area contributed by atoms with E-state index in [4.69, 9.17) is 10.00 Å². The summed E-state index contributed by atoms with van der Waals surface area (Å²) in [7, 11) is 1.69. The van der Waals surface area contributed by atoms with E-state index in [1.807, 2.05) is 37.3 Å². The first-order valence-electron chi connectivity index (χ1n) is 5.46. The van der Waals surface area contributed by atoms with Crippen LogP contribution in [0, 0.1) is 11.3 Å². The molecule has 2 unspecified atom stereocenters. The lowest BCUT2D eigenvalue weighted by molar-refractivity contribution is 0.114. The molecule has 0 heterocycles. The van der Waals surface area contributed by atoms with Gasteiger partial charge in [0.15, 0.2) is 0 Å². The van der Waals surface area contributed by atoms with Crippen LogP contribution in [0.4, 0.5) is 0 Å². The summed E-state index contributed by atoms with van der Waals surface area (Å²) in [5.74, 6) is 0. The van der Waals surface area contributed by atoms with E-state index in [9.17, 15) is 0 Å². The summed E-state index contributed by atoms with van der Waals surface area (Å²) in [4.78, 5) is 0. The fourth-order valence-electron chi connectivity index (χ4n) is 1.48. The minimum absolute atomic E-state index is 0.0869. The van der Waals surface area contributed by atoms with Crippen molar-refractivity contribution in [2.75, 3.05) is 13.7 Å².